The molecule has 1 aromatic heterocycles. The number of thiophene rings is 1. The van der Waals surface area contributed by atoms with Crippen LogP contribution in [-0.4, -0.2) is 59.9 Å². The van der Waals surface area contributed by atoms with E-state index in [4.69, 9.17) is 28.9 Å². The van der Waals surface area contributed by atoms with Crippen LogP contribution >= 0.6 is 34.5 Å². The number of hydrogen-bond donors (Lipinski definition) is 2. The van der Waals surface area contributed by atoms with Gasteiger partial charge in [-0.1, -0.05) is 29.3 Å². The van der Waals surface area contributed by atoms with Crippen LogP contribution in [0.4, 0.5) is 0 Å². The van der Waals surface area contributed by atoms with Crippen molar-refractivity contribution in [1.29, 1.82) is 0 Å². The van der Waals surface area contributed by atoms with Crippen LogP contribution in [0, 0.1) is 0 Å². The third-order valence-electron chi connectivity index (χ3n) is 4.50. The van der Waals surface area contributed by atoms with Gasteiger partial charge in [0.1, 0.15) is 0 Å². The minimum Gasteiger partial charge on any atom is -0.351 e. The first kappa shape index (κ1) is 21.6. The molecule has 29 heavy (non-hydrogen) atoms. The zero-order valence-corrected chi connectivity index (χ0v) is 17.8. The average molecular weight is 455 g/mol. The maximum atomic E-state index is 13.1. The van der Waals surface area contributed by atoms with Gasteiger partial charge < -0.3 is 20.9 Å². The van der Waals surface area contributed by atoms with E-state index in [2.05, 4.69) is 5.32 Å². The molecule has 1 saturated heterocycles. The van der Waals surface area contributed by atoms with Crippen LogP contribution in [0.1, 0.15) is 15.2 Å². The van der Waals surface area contributed by atoms with Gasteiger partial charge in [-0.15, -0.1) is 11.3 Å². The van der Waals surface area contributed by atoms with E-state index in [-0.39, 0.29) is 43.5 Å². The Bertz CT molecular complexity index is 907. The molecular weight excluding hydrogens is 435 g/mol. The van der Waals surface area contributed by atoms with Gasteiger partial charge in [-0.25, -0.2) is 0 Å². The molecule has 0 aliphatic carbocycles. The van der Waals surface area contributed by atoms with Crippen molar-refractivity contribution in [2.24, 2.45) is 5.73 Å². The number of benzene rings is 1. The van der Waals surface area contributed by atoms with Gasteiger partial charge >= 0.3 is 0 Å². The maximum Gasteiger partial charge on any atom is 0.263 e. The quantitative estimate of drug-likeness (QED) is 0.697. The lowest BCUT2D eigenvalue weighted by Gasteiger charge is -2.29. The number of carbonyl (C=O) groups excluding carboxylic acids is 3. The molecule has 1 aliphatic rings. The second-order valence-corrected chi connectivity index (χ2v) is 8.27. The summed E-state index contributed by atoms with van der Waals surface area (Å²) in [5, 5.41) is 5.14. The van der Waals surface area contributed by atoms with Gasteiger partial charge in [0, 0.05) is 36.6 Å². The third-order valence-corrected chi connectivity index (χ3v) is 6.12. The Balaban J connectivity index is 1.84. The number of halogens is 2. The van der Waals surface area contributed by atoms with E-state index in [9.17, 15) is 14.4 Å². The molecule has 0 radical (unpaired) electrons. The van der Waals surface area contributed by atoms with E-state index >= 15 is 0 Å². The molecule has 7 nitrogen and oxygen atoms in total. The zero-order valence-electron chi connectivity index (χ0n) is 15.4. The summed E-state index contributed by atoms with van der Waals surface area (Å²) in [6, 6.07) is 8.25. The zero-order chi connectivity index (χ0) is 21.0. The molecule has 1 atom stereocenters. The number of nitrogens with two attached hydrogens (primary N) is 1. The van der Waals surface area contributed by atoms with Crippen LogP contribution in [0.3, 0.4) is 0 Å². The fourth-order valence-corrected chi connectivity index (χ4v) is 4.12. The molecule has 0 saturated carbocycles. The summed E-state index contributed by atoms with van der Waals surface area (Å²) >= 11 is 13.4. The highest BCUT2D eigenvalue weighted by Gasteiger charge is 2.42. The fraction of sp³-hybridized carbons (Fsp3) is 0.316. The topological polar surface area (TPSA) is 95.7 Å². The highest BCUT2D eigenvalue weighted by molar-refractivity contribution is 7.10. The SMILES string of the molecule is NCCNC(=O)C1N(C(=O)Cc2cccs2)CCN1C(=O)c1ccc(Cl)c(Cl)c1. The van der Waals surface area contributed by atoms with Crippen molar-refractivity contribution >= 4 is 52.3 Å². The molecule has 154 valence electrons. The molecule has 2 aromatic rings. The number of nitrogens with one attached hydrogen (secondary N) is 1. The molecular formula is C19H20Cl2N4O3S. The highest BCUT2D eigenvalue weighted by atomic mass is 35.5. The van der Waals surface area contributed by atoms with Gasteiger partial charge in [-0.3, -0.25) is 14.4 Å². The molecule has 1 aliphatic heterocycles. The van der Waals surface area contributed by atoms with Crippen LogP contribution in [-0.2, 0) is 16.0 Å². The first-order chi connectivity index (χ1) is 13.9. The Labute approximate surface area is 182 Å². The monoisotopic (exact) mass is 454 g/mol. The second-order valence-electron chi connectivity index (χ2n) is 6.42. The molecule has 0 spiro atoms. The first-order valence-corrected chi connectivity index (χ1v) is 10.6. The van der Waals surface area contributed by atoms with Crippen LogP contribution < -0.4 is 11.1 Å². The summed E-state index contributed by atoms with van der Waals surface area (Å²) in [5.41, 5.74) is 5.77. The Morgan fingerprint density at radius 2 is 1.90 bits per heavy atom. The van der Waals surface area contributed by atoms with Gasteiger partial charge in [0.15, 0.2) is 6.17 Å². The largest absolute Gasteiger partial charge is 0.351 e. The van der Waals surface area contributed by atoms with Crippen molar-refractivity contribution in [2.75, 3.05) is 26.2 Å². The van der Waals surface area contributed by atoms with E-state index in [1.54, 1.807) is 6.07 Å². The molecule has 1 aromatic carbocycles. The summed E-state index contributed by atoms with van der Waals surface area (Å²) in [5.74, 6) is -1.06. The van der Waals surface area contributed by atoms with Gasteiger partial charge in [0.05, 0.1) is 16.5 Å². The number of carbonyl (C=O) groups is 3. The Hall–Kier alpha value is -2.13. The molecule has 3 N–H and O–H groups in total. The van der Waals surface area contributed by atoms with Gasteiger partial charge in [-0.2, -0.15) is 0 Å². The summed E-state index contributed by atoms with van der Waals surface area (Å²) < 4.78 is 0. The lowest BCUT2D eigenvalue weighted by molar-refractivity contribution is -0.140. The molecule has 0 bridgehead atoms. The lowest BCUT2D eigenvalue weighted by Crippen LogP contribution is -2.54. The fourth-order valence-electron chi connectivity index (χ4n) is 3.13. The Kier molecular flexibility index (Phi) is 7.13. The number of hydrogen-bond acceptors (Lipinski definition) is 5. The van der Waals surface area contributed by atoms with Gasteiger partial charge in [0.2, 0.25) is 5.91 Å². The van der Waals surface area contributed by atoms with Crippen LogP contribution in [0.25, 0.3) is 0 Å². The van der Waals surface area contributed by atoms with Crippen LogP contribution in [0.5, 0.6) is 0 Å². The maximum absolute atomic E-state index is 13.1. The molecule has 2 heterocycles. The molecule has 3 rings (SSSR count). The van der Waals surface area contributed by atoms with Crippen molar-refractivity contribution in [3.8, 4) is 0 Å². The minimum atomic E-state index is -1.05. The van der Waals surface area contributed by atoms with E-state index in [1.165, 1.54) is 33.3 Å². The van der Waals surface area contributed by atoms with E-state index in [1.807, 2.05) is 17.5 Å². The molecule has 3 amide bonds. The van der Waals surface area contributed by atoms with Crippen molar-refractivity contribution in [3.05, 3.63) is 56.2 Å². The van der Waals surface area contributed by atoms with Crippen molar-refractivity contribution in [3.63, 3.8) is 0 Å². The van der Waals surface area contributed by atoms with Crippen molar-refractivity contribution < 1.29 is 14.4 Å². The molecule has 1 unspecified atom stereocenters. The highest BCUT2D eigenvalue weighted by Crippen LogP contribution is 2.26. The van der Waals surface area contributed by atoms with Crippen LogP contribution in [0.15, 0.2) is 35.7 Å². The van der Waals surface area contributed by atoms with Gasteiger partial charge in [-0.05, 0) is 29.6 Å². The van der Waals surface area contributed by atoms with E-state index in [0.717, 1.165) is 4.88 Å². The number of nitrogens with zero attached hydrogens (tertiary/aromatic N) is 2. The molecule has 10 heteroatoms. The Morgan fingerprint density at radius 1 is 1.14 bits per heavy atom. The minimum absolute atomic E-state index is 0.174. The second kappa shape index (κ2) is 9.58. The standard InChI is InChI=1S/C19H20Cl2N4O3S/c20-14-4-3-12(10-15(14)21)19(28)25-8-7-24(18(25)17(27)23-6-5-22)16(26)11-13-2-1-9-29-13/h1-4,9-10,18H,5-8,11,22H2,(H,23,27). The lowest BCUT2D eigenvalue weighted by atomic mass is 10.2. The predicted molar refractivity (Wildman–Crippen MR) is 113 cm³/mol. The summed E-state index contributed by atoms with van der Waals surface area (Å²) in [6.45, 7) is 0.993. The van der Waals surface area contributed by atoms with Crippen LogP contribution in [0.2, 0.25) is 10.0 Å². The van der Waals surface area contributed by atoms with Gasteiger partial charge in [0.25, 0.3) is 11.8 Å². The summed E-state index contributed by atoms with van der Waals surface area (Å²) in [7, 11) is 0. The van der Waals surface area contributed by atoms with Crippen molar-refractivity contribution in [2.45, 2.75) is 12.6 Å². The van der Waals surface area contributed by atoms with Crippen molar-refractivity contribution in [1.82, 2.24) is 15.1 Å². The third kappa shape index (κ3) is 4.90. The van der Waals surface area contributed by atoms with E-state index in [0.29, 0.717) is 10.6 Å². The summed E-state index contributed by atoms with van der Waals surface area (Å²) in [6.07, 6.45) is -0.872. The average Bonchev–Trinajstić information content (AvgIpc) is 3.37. The normalized spacial score (nSPS) is 16.2. The summed E-state index contributed by atoms with van der Waals surface area (Å²) in [4.78, 5) is 42.4. The number of rotatable bonds is 6. The first-order valence-electron chi connectivity index (χ1n) is 8.98. The molecule has 1 fully saturated rings. The number of amides is 3. The van der Waals surface area contributed by atoms with E-state index < -0.39 is 18.0 Å². The smallest absolute Gasteiger partial charge is 0.263 e. The predicted octanol–water partition coefficient (Wildman–Crippen LogP) is 1.98. The Morgan fingerprint density at radius 3 is 2.55 bits per heavy atom.